The van der Waals surface area contributed by atoms with Crippen LogP contribution in [-0.2, 0) is 13.2 Å². The molecule has 4 nitrogen and oxygen atoms in total. The maximum atomic E-state index is 5.72. The van der Waals surface area contributed by atoms with Gasteiger partial charge in [-0.15, -0.1) is 0 Å². The maximum Gasteiger partial charge on any atom is 0.146 e. The molecule has 0 aliphatic rings. The highest BCUT2D eigenvalue weighted by Crippen LogP contribution is 2.21. The third-order valence-corrected chi connectivity index (χ3v) is 2.69. The Kier molecular flexibility index (Phi) is 4.86. The summed E-state index contributed by atoms with van der Waals surface area (Å²) in [5, 5.41) is 3.10. The van der Waals surface area contributed by atoms with Crippen LogP contribution in [0.1, 0.15) is 18.2 Å². The molecule has 0 aliphatic carbocycles. The van der Waals surface area contributed by atoms with E-state index in [0.717, 1.165) is 29.4 Å². The van der Waals surface area contributed by atoms with E-state index in [1.54, 1.807) is 6.26 Å². The fourth-order valence-corrected chi connectivity index (χ4v) is 1.81. The topological polar surface area (TPSA) is 43.6 Å². The Bertz CT molecular complexity index is 508. The Morgan fingerprint density at radius 3 is 2.68 bits per heavy atom. The molecule has 0 radical (unpaired) electrons. The summed E-state index contributed by atoms with van der Waals surface area (Å²) < 4.78 is 16.6. The zero-order valence-electron chi connectivity index (χ0n) is 11.3. The molecule has 1 heterocycles. The first-order chi connectivity index (χ1) is 9.33. The van der Waals surface area contributed by atoms with E-state index < -0.39 is 0 Å². The molecule has 0 saturated carbocycles. The second kappa shape index (κ2) is 6.85. The first kappa shape index (κ1) is 13.5. The molecular weight excluding hydrogens is 242 g/mol. The second-order valence-corrected chi connectivity index (χ2v) is 4.10. The molecule has 1 N–H and O–H groups in total. The largest absolute Gasteiger partial charge is 0.494 e. The Morgan fingerprint density at radius 2 is 1.95 bits per heavy atom. The minimum atomic E-state index is 0.416. The molecule has 0 atom stereocenters. The first-order valence-corrected chi connectivity index (χ1v) is 6.39. The van der Waals surface area contributed by atoms with E-state index >= 15 is 0 Å². The van der Waals surface area contributed by atoms with E-state index in [1.807, 2.05) is 44.3 Å². The number of rotatable bonds is 7. The van der Waals surface area contributed by atoms with E-state index in [9.17, 15) is 0 Å². The number of ether oxygens (including phenoxy) is 2. The van der Waals surface area contributed by atoms with Gasteiger partial charge in [-0.3, -0.25) is 0 Å². The number of benzene rings is 1. The summed E-state index contributed by atoms with van der Waals surface area (Å²) >= 11 is 0. The SMILES string of the molecule is CCOc1cccc(OCc2occc2CNC)c1. The van der Waals surface area contributed by atoms with Crippen LogP contribution in [0.5, 0.6) is 11.5 Å². The highest BCUT2D eigenvalue weighted by atomic mass is 16.5. The van der Waals surface area contributed by atoms with Crippen molar-refractivity contribution in [3.8, 4) is 11.5 Å². The molecule has 1 aromatic heterocycles. The van der Waals surface area contributed by atoms with Crippen molar-refractivity contribution in [1.29, 1.82) is 0 Å². The smallest absolute Gasteiger partial charge is 0.146 e. The van der Waals surface area contributed by atoms with Crippen LogP contribution in [0.3, 0.4) is 0 Å². The van der Waals surface area contributed by atoms with Crippen LogP contribution in [0.2, 0.25) is 0 Å². The van der Waals surface area contributed by atoms with Crippen molar-refractivity contribution in [3.63, 3.8) is 0 Å². The van der Waals surface area contributed by atoms with Gasteiger partial charge >= 0.3 is 0 Å². The van der Waals surface area contributed by atoms with Crippen molar-refractivity contribution >= 4 is 0 Å². The number of furan rings is 1. The molecule has 0 aliphatic heterocycles. The summed E-state index contributed by atoms with van der Waals surface area (Å²) in [5.74, 6) is 2.43. The molecule has 1 aromatic carbocycles. The number of nitrogens with one attached hydrogen (secondary N) is 1. The van der Waals surface area contributed by atoms with Gasteiger partial charge in [-0.2, -0.15) is 0 Å². The van der Waals surface area contributed by atoms with Crippen LogP contribution >= 0.6 is 0 Å². The molecule has 0 bridgehead atoms. The lowest BCUT2D eigenvalue weighted by Gasteiger charge is -2.08. The number of hydrogen-bond acceptors (Lipinski definition) is 4. The zero-order chi connectivity index (χ0) is 13.5. The van der Waals surface area contributed by atoms with Gasteiger partial charge in [0.2, 0.25) is 0 Å². The predicted octanol–water partition coefficient (Wildman–Crippen LogP) is 2.98. The Balaban J connectivity index is 1.97. The standard InChI is InChI=1S/C15H19NO3/c1-3-17-13-5-4-6-14(9-13)19-11-15-12(10-16-2)7-8-18-15/h4-9,16H,3,10-11H2,1-2H3. The van der Waals surface area contributed by atoms with Gasteiger partial charge in [0.25, 0.3) is 0 Å². The lowest BCUT2D eigenvalue weighted by molar-refractivity contribution is 0.265. The van der Waals surface area contributed by atoms with E-state index in [-0.39, 0.29) is 0 Å². The van der Waals surface area contributed by atoms with Crippen LogP contribution in [-0.4, -0.2) is 13.7 Å². The van der Waals surface area contributed by atoms with E-state index in [2.05, 4.69) is 5.32 Å². The number of hydrogen-bond donors (Lipinski definition) is 1. The molecule has 0 amide bonds. The minimum Gasteiger partial charge on any atom is -0.494 e. The summed E-state index contributed by atoms with van der Waals surface area (Å²) in [7, 11) is 1.91. The maximum absolute atomic E-state index is 5.72. The summed E-state index contributed by atoms with van der Waals surface area (Å²) in [4.78, 5) is 0. The van der Waals surface area contributed by atoms with Gasteiger partial charge in [-0.25, -0.2) is 0 Å². The van der Waals surface area contributed by atoms with Crippen molar-refractivity contribution in [3.05, 3.63) is 47.9 Å². The average Bonchev–Trinajstić information content (AvgIpc) is 2.85. The zero-order valence-corrected chi connectivity index (χ0v) is 11.3. The van der Waals surface area contributed by atoms with Crippen molar-refractivity contribution in [2.24, 2.45) is 0 Å². The van der Waals surface area contributed by atoms with Crippen LogP contribution < -0.4 is 14.8 Å². The fourth-order valence-electron chi connectivity index (χ4n) is 1.81. The fraction of sp³-hybridized carbons (Fsp3) is 0.333. The van der Waals surface area contributed by atoms with E-state index in [0.29, 0.717) is 13.2 Å². The minimum absolute atomic E-state index is 0.416. The normalized spacial score (nSPS) is 10.4. The molecule has 4 heteroatoms. The molecule has 0 spiro atoms. The van der Waals surface area contributed by atoms with Crippen molar-refractivity contribution in [2.75, 3.05) is 13.7 Å². The van der Waals surface area contributed by atoms with Crippen LogP contribution in [0.25, 0.3) is 0 Å². The molecule has 0 unspecified atom stereocenters. The third-order valence-electron chi connectivity index (χ3n) is 2.69. The molecule has 0 fully saturated rings. The van der Waals surface area contributed by atoms with Crippen molar-refractivity contribution < 1.29 is 13.9 Å². The quantitative estimate of drug-likeness (QED) is 0.832. The van der Waals surface area contributed by atoms with Gasteiger partial charge in [0.15, 0.2) is 0 Å². The molecular formula is C15H19NO3. The first-order valence-electron chi connectivity index (χ1n) is 6.39. The summed E-state index contributed by atoms with van der Waals surface area (Å²) in [6.45, 7) is 3.79. The monoisotopic (exact) mass is 261 g/mol. The van der Waals surface area contributed by atoms with Crippen LogP contribution in [0.15, 0.2) is 41.0 Å². The van der Waals surface area contributed by atoms with Gasteiger partial charge in [-0.1, -0.05) is 6.07 Å². The highest BCUT2D eigenvalue weighted by molar-refractivity contribution is 5.33. The summed E-state index contributed by atoms with van der Waals surface area (Å²) in [6, 6.07) is 9.56. The van der Waals surface area contributed by atoms with Gasteiger partial charge in [0.05, 0.1) is 12.9 Å². The van der Waals surface area contributed by atoms with Gasteiger partial charge < -0.3 is 19.2 Å². The van der Waals surface area contributed by atoms with E-state index in [4.69, 9.17) is 13.9 Å². The Labute approximate surface area is 113 Å². The van der Waals surface area contributed by atoms with Crippen LogP contribution in [0, 0.1) is 0 Å². The lowest BCUT2D eigenvalue weighted by atomic mass is 10.2. The van der Waals surface area contributed by atoms with Crippen LogP contribution in [0.4, 0.5) is 0 Å². The summed E-state index contributed by atoms with van der Waals surface area (Å²) in [5.41, 5.74) is 1.11. The predicted molar refractivity (Wildman–Crippen MR) is 73.4 cm³/mol. The van der Waals surface area contributed by atoms with Gasteiger partial charge in [0.1, 0.15) is 23.9 Å². The second-order valence-electron chi connectivity index (χ2n) is 4.10. The Morgan fingerprint density at radius 1 is 1.16 bits per heavy atom. The molecule has 102 valence electrons. The highest BCUT2D eigenvalue weighted by Gasteiger charge is 2.06. The molecule has 2 rings (SSSR count). The lowest BCUT2D eigenvalue weighted by Crippen LogP contribution is -2.07. The third kappa shape index (κ3) is 3.76. The average molecular weight is 261 g/mol. The molecule has 2 aromatic rings. The Hall–Kier alpha value is -1.94. The van der Waals surface area contributed by atoms with Crippen molar-refractivity contribution in [1.82, 2.24) is 5.32 Å². The molecule has 19 heavy (non-hydrogen) atoms. The summed E-state index contributed by atoms with van der Waals surface area (Å²) in [6.07, 6.45) is 1.68. The van der Waals surface area contributed by atoms with Crippen molar-refractivity contribution in [2.45, 2.75) is 20.1 Å². The van der Waals surface area contributed by atoms with E-state index in [1.165, 1.54) is 0 Å². The van der Waals surface area contributed by atoms with Gasteiger partial charge in [0, 0.05) is 18.2 Å². The molecule has 0 saturated heterocycles. The van der Waals surface area contributed by atoms with Gasteiger partial charge in [-0.05, 0) is 32.2 Å².